The van der Waals surface area contributed by atoms with Crippen LogP contribution in [0.1, 0.15) is 48.7 Å². The Morgan fingerprint density at radius 2 is 1.56 bits per heavy atom. The van der Waals surface area contributed by atoms with E-state index in [1.54, 1.807) is 20.8 Å². The number of nitrogens with zero attached hydrogens (tertiary/aromatic N) is 2. The van der Waals surface area contributed by atoms with Crippen molar-refractivity contribution in [2.24, 2.45) is 0 Å². The zero-order valence-corrected chi connectivity index (χ0v) is 23.1. The summed E-state index contributed by atoms with van der Waals surface area (Å²) < 4.78 is 63.9. The van der Waals surface area contributed by atoms with Crippen molar-refractivity contribution in [2.45, 2.75) is 50.1 Å². The number of hydrogen-bond donors (Lipinski definition) is 0. The molecule has 39 heavy (non-hydrogen) atoms. The van der Waals surface area contributed by atoms with E-state index in [1.165, 1.54) is 12.1 Å². The van der Waals surface area contributed by atoms with Crippen molar-refractivity contribution >= 4 is 46.7 Å². The van der Waals surface area contributed by atoms with E-state index in [4.69, 9.17) is 39.5 Å². The molecule has 14 heteroatoms. The Bertz CT molecular complexity index is 1270. The lowest BCUT2D eigenvalue weighted by atomic mass is 9.74. The molecule has 1 aliphatic heterocycles. The summed E-state index contributed by atoms with van der Waals surface area (Å²) in [6.45, 7) is 2.69. The lowest BCUT2D eigenvalue weighted by Gasteiger charge is -2.44. The topological polar surface area (TPSA) is 89.8 Å². The maximum Gasteiger partial charge on any atom is 0.410 e. The highest BCUT2D eigenvalue weighted by molar-refractivity contribution is 6.48. The summed E-state index contributed by atoms with van der Waals surface area (Å²) in [4.78, 5) is 36.5. The highest BCUT2D eigenvalue weighted by atomic mass is 35.5. The van der Waals surface area contributed by atoms with Crippen molar-refractivity contribution < 1.29 is 36.8 Å². The monoisotopic (exact) mass is 612 g/mol. The Balaban J connectivity index is 1.88. The standard InChI is InChI=1S/C25H23Cl3F4N2O5/c1-22(2,3)39-21(36)33-12-24(29,13-33)15-6-4-14(5-7-15)19(35)10-23(11-34(37)38,25(30,31)32)16-8-17(26)20(28)18(27)9-16/h4-9H,10-13H2,1-3H3. The predicted molar refractivity (Wildman–Crippen MR) is 137 cm³/mol. The number of ketones is 1. The van der Waals surface area contributed by atoms with Crippen LogP contribution in [0.4, 0.5) is 22.4 Å². The van der Waals surface area contributed by atoms with E-state index in [0.29, 0.717) is 0 Å². The van der Waals surface area contributed by atoms with E-state index in [2.05, 4.69) is 0 Å². The number of carbonyl (C=O) groups is 2. The number of hydrogen-bond acceptors (Lipinski definition) is 5. The molecule has 0 aromatic heterocycles. The molecule has 0 saturated carbocycles. The largest absolute Gasteiger partial charge is 0.444 e. The molecule has 1 unspecified atom stereocenters. The summed E-state index contributed by atoms with van der Waals surface area (Å²) in [5, 5.41) is 10.4. The van der Waals surface area contributed by atoms with Gasteiger partial charge in [0.15, 0.2) is 16.9 Å². The zero-order valence-electron chi connectivity index (χ0n) is 20.9. The number of carbonyl (C=O) groups excluding carboxylic acids is 2. The number of nitro groups is 1. The van der Waals surface area contributed by atoms with Crippen LogP contribution in [0, 0.1) is 10.1 Å². The Morgan fingerprint density at radius 3 is 2.00 bits per heavy atom. The van der Waals surface area contributed by atoms with E-state index >= 15 is 4.39 Å². The summed E-state index contributed by atoms with van der Waals surface area (Å²) in [6.07, 6.45) is -7.31. The van der Waals surface area contributed by atoms with Crippen LogP contribution < -0.4 is 0 Å². The van der Waals surface area contributed by atoms with Crippen molar-refractivity contribution in [2.75, 3.05) is 19.6 Å². The van der Waals surface area contributed by atoms with E-state index in [-0.39, 0.29) is 39.3 Å². The fourth-order valence-corrected chi connectivity index (χ4v) is 4.78. The lowest BCUT2D eigenvalue weighted by molar-refractivity contribution is -0.501. The number of amides is 1. The van der Waals surface area contributed by atoms with Gasteiger partial charge in [-0.1, -0.05) is 59.1 Å². The summed E-state index contributed by atoms with van der Waals surface area (Å²) in [5.74, 6) is -1.08. The van der Waals surface area contributed by atoms with E-state index in [9.17, 15) is 32.9 Å². The number of alkyl halides is 4. The molecule has 0 spiro atoms. The van der Waals surface area contributed by atoms with Gasteiger partial charge in [-0.05, 0) is 44.0 Å². The highest BCUT2D eigenvalue weighted by Crippen LogP contribution is 2.47. The van der Waals surface area contributed by atoms with E-state index in [0.717, 1.165) is 29.2 Å². The third-order valence-electron chi connectivity index (χ3n) is 6.20. The summed E-state index contributed by atoms with van der Waals surface area (Å²) in [7, 11) is 0. The second kappa shape index (κ2) is 10.7. The Kier molecular flexibility index (Phi) is 8.51. The van der Waals surface area contributed by atoms with Crippen LogP contribution in [-0.2, 0) is 15.8 Å². The van der Waals surface area contributed by atoms with Crippen LogP contribution in [0.5, 0.6) is 0 Å². The Hall–Kier alpha value is -2.63. The van der Waals surface area contributed by atoms with Gasteiger partial charge < -0.3 is 9.64 Å². The molecule has 0 radical (unpaired) electrons. The van der Waals surface area contributed by atoms with E-state index < -0.39 is 58.2 Å². The molecule has 1 heterocycles. The smallest absolute Gasteiger partial charge is 0.410 e. The van der Waals surface area contributed by atoms with Gasteiger partial charge in [0.1, 0.15) is 5.60 Å². The van der Waals surface area contributed by atoms with Gasteiger partial charge in [-0.15, -0.1) is 0 Å². The average Bonchev–Trinajstić information content (AvgIpc) is 2.77. The maximum absolute atomic E-state index is 15.3. The second-order valence-electron chi connectivity index (χ2n) is 10.3. The van der Waals surface area contributed by atoms with Crippen molar-refractivity contribution in [3.63, 3.8) is 0 Å². The number of Topliss-reactive ketones (excluding diaryl/α,β-unsaturated/α-hetero) is 1. The van der Waals surface area contributed by atoms with E-state index in [1.807, 2.05) is 0 Å². The van der Waals surface area contributed by atoms with Gasteiger partial charge in [0.05, 0.1) is 28.2 Å². The molecular formula is C25H23Cl3F4N2O5. The summed E-state index contributed by atoms with van der Waals surface area (Å²) >= 11 is 17.6. The number of ether oxygens (including phenoxy) is 1. The van der Waals surface area contributed by atoms with Crippen molar-refractivity contribution in [3.05, 3.63) is 78.3 Å². The fourth-order valence-electron chi connectivity index (χ4n) is 4.18. The summed E-state index contributed by atoms with van der Waals surface area (Å²) in [6, 6.07) is 6.29. The SMILES string of the molecule is CC(C)(C)OC(=O)N1CC(F)(c2ccc(C(=O)CC(C[N+](=O)[O-])(c3cc(Cl)c(Cl)c(Cl)c3)C(F)(F)F)cc2)C1. The lowest BCUT2D eigenvalue weighted by Crippen LogP contribution is -2.59. The van der Waals surface area contributed by atoms with Gasteiger partial charge in [-0.3, -0.25) is 14.9 Å². The number of likely N-dealkylation sites (tertiary alicyclic amines) is 1. The first-order chi connectivity index (χ1) is 17.8. The van der Waals surface area contributed by atoms with Crippen LogP contribution in [0.2, 0.25) is 15.1 Å². The molecule has 0 bridgehead atoms. The number of benzene rings is 2. The first-order valence-corrected chi connectivity index (χ1v) is 12.6. The minimum atomic E-state index is -5.27. The van der Waals surface area contributed by atoms with Gasteiger partial charge in [0.25, 0.3) is 0 Å². The van der Waals surface area contributed by atoms with Crippen molar-refractivity contribution in [1.82, 2.24) is 4.90 Å². The second-order valence-corrected chi connectivity index (χ2v) is 11.5. The quantitative estimate of drug-likeness (QED) is 0.107. The normalized spacial score (nSPS) is 16.7. The summed E-state index contributed by atoms with van der Waals surface area (Å²) in [5.41, 5.74) is -6.83. The number of rotatable bonds is 7. The van der Waals surface area contributed by atoms with Crippen LogP contribution >= 0.6 is 34.8 Å². The molecule has 7 nitrogen and oxygen atoms in total. The van der Waals surface area contributed by atoms with Crippen LogP contribution in [0.15, 0.2) is 36.4 Å². The third-order valence-corrected chi connectivity index (χ3v) is 7.40. The van der Waals surface area contributed by atoms with Gasteiger partial charge in [0, 0.05) is 16.9 Å². The minimum Gasteiger partial charge on any atom is -0.444 e. The molecule has 1 fully saturated rings. The maximum atomic E-state index is 15.3. The molecule has 1 atom stereocenters. The van der Waals surface area contributed by atoms with Crippen LogP contribution in [0.25, 0.3) is 0 Å². The minimum absolute atomic E-state index is 0.0995. The first-order valence-electron chi connectivity index (χ1n) is 11.4. The third kappa shape index (κ3) is 6.58. The first kappa shape index (κ1) is 30.9. The van der Waals surface area contributed by atoms with Crippen LogP contribution in [0.3, 0.4) is 0 Å². The van der Waals surface area contributed by atoms with Gasteiger partial charge in [-0.25, -0.2) is 9.18 Å². The number of halogens is 7. The highest BCUT2D eigenvalue weighted by Gasteiger charge is 2.61. The molecule has 2 aromatic rings. The molecular weight excluding hydrogens is 591 g/mol. The molecule has 1 amide bonds. The predicted octanol–water partition coefficient (Wildman–Crippen LogP) is 7.41. The van der Waals surface area contributed by atoms with Crippen LogP contribution in [-0.4, -0.2) is 53.1 Å². The zero-order chi connectivity index (χ0) is 29.6. The fraction of sp³-hybridized carbons (Fsp3) is 0.440. The Morgan fingerprint density at radius 1 is 1.05 bits per heavy atom. The van der Waals surface area contributed by atoms with Gasteiger partial charge in [0.2, 0.25) is 6.54 Å². The molecule has 1 saturated heterocycles. The molecule has 0 N–H and O–H groups in total. The van der Waals surface area contributed by atoms with Crippen molar-refractivity contribution in [1.29, 1.82) is 0 Å². The Labute approximate surface area is 236 Å². The molecule has 3 rings (SSSR count). The van der Waals surface area contributed by atoms with Crippen molar-refractivity contribution in [3.8, 4) is 0 Å². The average molecular weight is 614 g/mol. The molecule has 212 valence electrons. The molecule has 0 aliphatic carbocycles. The van der Waals surface area contributed by atoms with Gasteiger partial charge >= 0.3 is 12.3 Å². The van der Waals surface area contributed by atoms with Gasteiger partial charge in [-0.2, -0.15) is 13.2 Å². The molecule has 2 aromatic carbocycles. The molecule has 1 aliphatic rings.